The molecule has 4 atom stereocenters. The van der Waals surface area contributed by atoms with Gasteiger partial charge in [0.05, 0.1) is 17.2 Å². The Bertz CT molecular complexity index is 1470. The predicted octanol–water partition coefficient (Wildman–Crippen LogP) is 7.76. The van der Waals surface area contributed by atoms with Crippen LogP contribution in [-0.4, -0.2) is 25.0 Å². The van der Waals surface area contributed by atoms with Crippen LogP contribution in [0, 0.1) is 29.1 Å². The van der Waals surface area contributed by atoms with Gasteiger partial charge in [0.15, 0.2) is 0 Å². The van der Waals surface area contributed by atoms with Gasteiger partial charge in [0, 0.05) is 17.6 Å². The molecule has 4 bridgehead atoms. The standard InChI is InChI=1S/C33H43N3O3S/c1-20-8-6-9-21(2)30(20)28-17-29-35-32(34-28)36-40(37,38)25-11-7-10-23(16-25)31(24(19-39-29)18-33(3,4)5)27-15-14-26(27)22-12-13-22/h7-8,10-11,16-17,22,24,26-27,31H,6,9,12-15,18-19H2,1-5H3,(H,34,35,36)/t24?,26-,27-,31?/m1/s1. The molecule has 6 nitrogen and oxygen atoms in total. The first kappa shape index (κ1) is 27.5. The fourth-order valence-electron chi connectivity index (χ4n) is 7.47. The zero-order valence-electron chi connectivity index (χ0n) is 24.5. The minimum atomic E-state index is -3.89. The van der Waals surface area contributed by atoms with E-state index >= 15 is 0 Å². The first-order valence-electron chi connectivity index (χ1n) is 15.0. The van der Waals surface area contributed by atoms with Crippen molar-refractivity contribution in [3.63, 3.8) is 0 Å². The fourth-order valence-corrected chi connectivity index (χ4v) is 8.47. The van der Waals surface area contributed by atoms with Crippen LogP contribution in [0.25, 0.3) is 5.57 Å². The molecule has 0 amide bonds. The highest BCUT2D eigenvalue weighted by atomic mass is 32.2. The molecule has 40 heavy (non-hydrogen) atoms. The molecule has 0 spiro atoms. The number of anilines is 1. The highest BCUT2D eigenvalue weighted by molar-refractivity contribution is 7.92. The molecule has 0 radical (unpaired) electrons. The lowest BCUT2D eigenvalue weighted by molar-refractivity contribution is 0.0583. The van der Waals surface area contributed by atoms with Gasteiger partial charge in [-0.15, -0.1) is 0 Å². The van der Waals surface area contributed by atoms with Crippen molar-refractivity contribution in [2.45, 2.75) is 90.4 Å². The Kier molecular flexibility index (Phi) is 7.09. The van der Waals surface area contributed by atoms with E-state index in [1.807, 2.05) is 18.2 Å². The molecule has 214 valence electrons. The summed E-state index contributed by atoms with van der Waals surface area (Å²) in [5.74, 6) is 3.06. The molecule has 1 aromatic heterocycles. The van der Waals surface area contributed by atoms with Crippen LogP contribution in [0.15, 0.2) is 52.4 Å². The van der Waals surface area contributed by atoms with Gasteiger partial charge in [-0.25, -0.2) is 18.1 Å². The van der Waals surface area contributed by atoms with Gasteiger partial charge in [-0.3, -0.25) is 0 Å². The zero-order valence-corrected chi connectivity index (χ0v) is 25.4. The third kappa shape index (κ3) is 5.59. The highest BCUT2D eigenvalue weighted by Gasteiger charge is 2.48. The van der Waals surface area contributed by atoms with Crippen molar-refractivity contribution in [3.05, 3.63) is 58.8 Å². The number of rotatable bonds is 4. The lowest BCUT2D eigenvalue weighted by Crippen LogP contribution is -2.39. The molecule has 4 aliphatic rings. The van der Waals surface area contributed by atoms with Gasteiger partial charge >= 0.3 is 0 Å². The molecule has 2 unspecified atom stereocenters. The number of fused-ring (bicyclic) bond motifs is 4. The summed E-state index contributed by atoms with van der Waals surface area (Å²) < 4.78 is 36.6. The molecule has 2 heterocycles. The van der Waals surface area contributed by atoms with E-state index in [-0.39, 0.29) is 28.1 Å². The van der Waals surface area contributed by atoms with Crippen molar-refractivity contribution in [3.8, 4) is 5.88 Å². The molecule has 0 saturated heterocycles. The highest BCUT2D eigenvalue weighted by Crippen LogP contribution is 2.57. The predicted molar refractivity (Wildman–Crippen MR) is 160 cm³/mol. The summed E-state index contributed by atoms with van der Waals surface area (Å²) in [5.41, 5.74) is 5.37. The minimum absolute atomic E-state index is 0.0499. The van der Waals surface area contributed by atoms with Crippen LogP contribution in [0.3, 0.4) is 0 Å². The fraction of sp³-hybridized carbons (Fsp3) is 0.576. The molecular weight excluding hydrogens is 518 g/mol. The van der Waals surface area contributed by atoms with Gasteiger partial charge in [-0.1, -0.05) is 44.6 Å². The number of hydrogen-bond donors (Lipinski definition) is 1. The molecule has 1 aromatic carbocycles. The van der Waals surface area contributed by atoms with E-state index in [0.717, 1.165) is 47.8 Å². The van der Waals surface area contributed by atoms with E-state index in [9.17, 15) is 8.42 Å². The Morgan fingerprint density at radius 3 is 2.48 bits per heavy atom. The maximum absolute atomic E-state index is 13.7. The normalized spacial score (nSPS) is 28.3. The second kappa shape index (κ2) is 10.3. The van der Waals surface area contributed by atoms with Gasteiger partial charge in [-0.2, -0.15) is 4.98 Å². The monoisotopic (exact) mass is 561 g/mol. The van der Waals surface area contributed by atoms with Crippen molar-refractivity contribution in [2.24, 2.45) is 29.1 Å². The Balaban J connectivity index is 1.47. The zero-order chi connectivity index (χ0) is 28.2. The largest absolute Gasteiger partial charge is 0.477 e. The van der Waals surface area contributed by atoms with Gasteiger partial charge in [0.25, 0.3) is 10.0 Å². The average molecular weight is 562 g/mol. The molecule has 1 N–H and O–H groups in total. The summed E-state index contributed by atoms with van der Waals surface area (Å²) >= 11 is 0. The third-order valence-electron chi connectivity index (χ3n) is 9.43. The molecule has 2 aromatic rings. The number of hydrogen-bond acceptors (Lipinski definition) is 5. The third-order valence-corrected chi connectivity index (χ3v) is 10.8. The summed E-state index contributed by atoms with van der Waals surface area (Å²) in [6.45, 7) is 11.6. The van der Waals surface area contributed by atoms with E-state index in [0.29, 0.717) is 24.1 Å². The second-order valence-corrected chi connectivity index (χ2v) is 15.5. The number of allylic oxidation sites excluding steroid dienone is 4. The summed E-state index contributed by atoms with van der Waals surface area (Å²) in [4.78, 5) is 9.53. The van der Waals surface area contributed by atoms with Crippen molar-refractivity contribution in [2.75, 3.05) is 11.3 Å². The van der Waals surface area contributed by atoms with Gasteiger partial charge in [0.2, 0.25) is 11.8 Å². The summed E-state index contributed by atoms with van der Waals surface area (Å²) in [6, 6.07) is 9.51. The minimum Gasteiger partial charge on any atom is -0.477 e. The van der Waals surface area contributed by atoms with E-state index in [1.54, 1.807) is 6.07 Å². The van der Waals surface area contributed by atoms with Crippen LogP contribution < -0.4 is 9.46 Å². The molecule has 1 aliphatic heterocycles. The number of aromatic nitrogens is 2. The first-order chi connectivity index (χ1) is 19.0. The van der Waals surface area contributed by atoms with Crippen molar-refractivity contribution < 1.29 is 13.2 Å². The summed E-state index contributed by atoms with van der Waals surface area (Å²) in [6.07, 6.45) is 10.3. The summed E-state index contributed by atoms with van der Waals surface area (Å²) in [5, 5.41) is 0. The Hall–Kier alpha value is -2.67. The maximum atomic E-state index is 13.7. The van der Waals surface area contributed by atoms with E-state index < -0.39 is 10.0 Å². The number of ether oxygens (including phenoxy) is 1. The topological polar surface area (TPSA) is 81.2 Å². The van der Waals surface area contributed by atoms with Crippen molar-refractivity contribution in [1.29, 1.82) is 0 Å². The lowest BCUT2D eigenvalue weighted by atomic mass is 9.59. The van der Waals surface area contributed by atoms with Gasteiger partial charge < -0.3 is 4.74 Å². The van der Waals surface area contributed by atoms with E-state index in [4.69, 9.17) is 9.72 Å². The van der Waals surface area contributed by atoms with Gasteiger partial charge in [0.1, 0.15) is 0 Å². The number of nitrogens with zero attached hydrogens (tertiary/aromatic N) is 2. The van der Waals surface area contributed by atoms with Crippen LogP contribution in [0.5, 0.6) is 5.88 Å². The van der Waals surface area contributed by atoms with Crippen LogP contribution >= 0.6 is 0 Å². The Labute approximate surface area is 239 Å². The molecule has 3 aliphatic carbocycles. The molecular formula is C33H43N3O3S. The smallest absolute Gasteiger partial charge is 0.264 e. The van der Waals surface area contributed by atoms with E-state index in [1.165, 1.54) is 31.3 Å². The molecule has 6 rings (SSSR count). The Morgan fingerprint density at radius 1 is 1.02 bits per heavy atom. The van der Waals surface area contributed by atoms with Crippen molar-refractivity contribution in [1.82, 2.24) is 9.97 Å². The van der Waals surface area contributed by atoms with Crippen molar-refractivity contribution >= 4 is 21.5 Å². The van der Waals surface area contributed by atoms with Crippen LogP contribution in [0.1, 0.15) is 96.7 Å². The Morgan fingerprint density at radius 2 is 1.80 bits per heavy atom. The summed E-state index contributed by atoms with van der Waals surface area (Å²) in [7, 11) is -3.89. The van der Waals surface area contributed by atoms with Gasteiger partial charge in [-0.05, 0) is 111 Å². The van der Waals surface area contributed by atoms with Crippen LogP contribution in [-0.2, 0) is 10.0 Å². The van der Waals surface area contributed by atoms with Crippen LogP contribution in [0.4, 0.5) is 5.95 Å². The van der Waals surface area contributed by atoms with Crippen LogP contribution in [0.2, 0.25) is 0 Å². The molecule has 7 heteroatoms. The first-order valence-corrected chi connectivity index (χ1v) is 16.5. The molecule has 2 fully saturated rings. The quantitative estimate of drug-likeness (QED) is 0.413. The second-order valence-electron chi connectivity index (χ2n) is 13.8. The number of benzene rings is 1. The number of nitrogens with one attached hydrogen (secondary N) is 1. The lowest BCUT2D eigenvalue weighted by Gasteiger charge is -2.47. The van der Waals surface area contributed by atoms with E-state index in [2.05, 4.69) is 56.5 Å². The SMILES string of the molecule is CC1=CCCC(C)=C1c1cc2nc(n1)NS(=O)(=O)c1cccc(c1)C([C@@H]1CC[C@@H]1C1CC1)C(CC(C)(C)C)CO2. The molecule has 2 saturated carbocycles. The number of sulfonamides is 1. The average Bonchev–Trinajstić information content (AvgIpc) is 3.68. The maximum Gasteiger partial charge on any atom is 0.264 e.